The van der Waals surface area contributed by atoms with Gasteiger partial charge in [-0.25, -0.2) is 13.1 Å². The van der Waals surface area contributed by atoms with Gasteiger partial charge in [0.15, 0.2) is 0 Å². The fraction of sp³-hybridized carbons (Fsp3) is 0.294. The molecule has 1 unspecified atom stereocenters. The van der Waals surface area contributed by atoms with Crippen molar-refractivity contribution in [1.82, 2.24) is 4.72 Å². The van der Waals surface area contributed by atoms with Gasteiger partial charge >= 0.3 is 0 Å². The van der Waals surface area contributed by atoms with E-state index < -0.39 is 15.6 Å². The molecule has 0 spiro atoms. The van der Waals surface area contributed by atoms with Crippen molar-refractivity contribution >= 4 is 21.6 Å². The van der Waals surface area contributed by atoms with E-state index in [1.165, 1.54) is 39.3 Å². The molecule has 0 aliphatic rings. The van der Waals surface area contributed by atoms with Gasteiger partial charge in [-0.15, -0.1) is 0 Å². The van der Waals surface area contributed by atoms with Crippen LogP contribution in [0.25, 0.3) is 0 Å². The highest BCUT2D eigenvalue weighted by molar-refractivity contribution is 7.89. The monoisotopic (exact) mass is 385 g/mol. The molecule has 0 saturated carbocycles. The van der Waals surface area contributed by atoms with Gasteiger partial charge in [0.25, 0.3) is 0 Å². The van der Waals surface area contributed by atoms with E-state index in [4.69, 9.17) is 21.1 Å². The van der Waals surface area contributed by atoms with E-state index in [1.807, 2.05) is 0 Å². The molecule has 0 aliphatic carbocycles. The summed E-state index contributed by atoms with van der Waals surface area (Å²) < 4.78 is 37.8. The van der Waals surface area contributed by atoms with E-state index in [9.17, 15) is 13.5 Å². The number of aliphatic hydroxyl groups is 1. The average Bonchev–Trinajstić information content (AvgIpc) is 2.60. The van der Waals surface area contributed by atoms with Gasteiger partial charge in [-0.2, -0.15) is 0 Å². The smallest absolute Gasteiger partial charge is 0.244 e. The van der Waals surface area contributed by atoms with Gasteiger partial charge in [0.05, 0.1) is 14.2 Å². The van der Waals surface area contributed by atoms with Crippen LogP contribution in [0.4, 0.5) is 0 Å². The third-order valence-corrected chi connectivity index (χ3v) is 5.43. The van der Waals surface area contributed by atoms with E-state index in [0.717, 1.165) is 0 Å². The number of hydrogen-bond donors (Lipinski definition) is 2. The molecule has 0 heterocycles. The SMILES string of the molecule is COc1ccc(S(=O)(=O)NCC(C)(O)c2ccc(Cl)cc2)c(OC)c1. The fourth-order valence-electron chi connectivity index (χ4n) is 2.22. The van der Waals surface area contributed by atoms with Crippen LogP contribution in [-0.4, -0.2) is 34.3 Å². The number of benzene rings is 2. The molecule has 0 bridgehead atoms. The Kier molecular flexibility index (Phi) is 5.95. The molecule has 2 N–H and O–H groups in total. The van der Waals surface area contributed by atoms with Crippen molar-refractivity contribution in [1.29, 1.82) is 0 Å². The second kappa shape index (κ2) is 7.61. The second-order valence-corrected chi connectivity index (χ2v) is 7.79. The van der Waals surface area contributed by atoms with Crippen molar-refractivity contribution < 1.29 is 23.0 Å². The Hall–Kier alpha value is -1.80. The number of sulfonamides is 1. The predicted octanol–water partition coefficient (Wildman–Crippen LogP) is 2.54. The van der Waals surface area contributed by atoms with Crippen molar-refractivity contribution in [2.45, 2.75) is 17.4 Å². The van der Waals surface area contributed by atoms with Gasteiger partial charge in [0, 0.05) is 17.6 Å². The standard InChI is InChI=1S/C17H20ClNO5S/c1-17(20,12-4-6-13(18)7-5-12)11-19-25(21,22)16-9-8-14(23-2)10-15(16)24-3/h4-10,19-20H,11H2,1-3H3. The van der Waals surface area contributed by atoms with Gasteiger partial charge in [0.1, 0.15) is 22.0 Å². The van der Waals surface area contributed by atoms with Crippen molar-refractivity contribution in [3.05, 3.63) is 53.1 Å². The molecule has 0 saturated heterocycles. The van der Waals surface area contributed by atoms with E-state index in [1.54, 1.807) is 24.3 Å². The lowest BCUT2D eigenvalue weighted by Crippen LogP contribution is -2.38. The van der Waals surface area contributed by atoms with Gasteiger partial charge in [-0.05, 0) is 36.8 Å². The highest BCUT2D eigenvalue weighted by Crippen LogP contribution is 2.29. The number of nitrogens with one attached hydrogen (secondary N) is 1. The Labute approximate surface area is 152 Å². The van der Waals surface area contributed by atoms with Crippen LogP contribution in [0.15, 0.2) is 47.4 Å². The van der Waals surface area contributed by atoms with Crippen LogP contribution in [0.3, 0.4) is 0 Å². The van der Waals surface area contributed by atoms with Crippen LogP contribution < -0.4 is 14.2 Å². The summed E-state index contributed by atoms with van der Waals surface area (Å²) in [5.41, 5.74) is -0.863. The lowest BCUT2D eigenvalue weighted by Gasteiger charge is -2.24. The molecule has 2 aromatic rings. The van der Waals surface area contributed by atoms with Crippen LogP contribution in [0.5, 0.6) is 11.5 Å². The van der Waals surface area contributed by atoms with E-state index in [0.29, 0.717) is 16.3 Å². The predicted molar refractivity (Wildman–Crippen MR) is 95.8 cm³/mol. The summed E-state index contributed by atoms with van der Waals surface area (Å²) >= 11 is 5.83. The van der Waals surface area contributed by atoms with Crippen LogP contribution in [0.2, 0.25) is 5.02 Å². The lowest BCUT2D eigenvalue weighted by molar-refractivity contribution is 0.0627. The van der Waals surface area contributed by atoms with E-state index in [-0.39, 0.29) is 17.2 Å². The Bertz CT molecular complexity index is 835. The Morgan fingerprint density at radius 3 is 2.32 bits per heavy atom. The summed E-state index contributed by atoms with van der Waals surface area (Å²) in [6.45, 7) is 1.30. The maximum atomic E-state index is 12.6. The van der Waals surface area contributed by atoms with Crippen molar-refractivity contribution in [3.63, 3.8) is 0 Å². The maximum absolute atomic E-state index is 12.6. The highest BCUT2D eigenvalue weighted by atomic mass is 35.5. The molecule has 0 aromatic heterocycles. The molecule has 2 aromatic carbocycles. The zero-order valence-electron chi connectivity index (χ0n) is 14.1. The average molecular weight is 386 g/mol. The zero-order valence-corrected chi connectivity index (χ0v) is 15.7. The number of methoxy groups -OCH3 is 2. The highest BCUT2D eigenvalue weighted by Gasteiger charge is 2.27. The lowest BCUT2D eigenvalue weighted by atomic mass is 9.97. The fourth-order valence-corrected chi connectivity index (χ4v) is 3.63. The summed E-state index contributed by atoms with van der Waals surface area (Å²) in [5.74, 6) is 0.627. The summed E-state index contributed by atoms with van der Waals surface area (Å²) in [5, 5.41) is 11.1. The third kappa shape index (κ3) is 4.64. The molecule has 8 heteroatoms. The zero-order chi connectivity index (χ0) is 18.7. The van der Waals surface area contributed by atoms with Crippen molar-refractivity contribution in [3.8, 4) is 11.5 Å². The molecule has 2 rings (SSSR count). The van der Waals surface area contributed by atoms with Crippen LogP contribution in [-0.2, 0) is 15.6 Å². The minimum absolute atomic E-state index is 0.0392. The number of halogens is 1. The van der Waals surface area contributed by atoms with E-state index >= 15 is 0 Å². The van der Waals surface area contributed by atoms with Crippen molar-refractivity contribution in [2.75, 3.05) is 20.8 Å². The molecule has 0 amide bonds. The molecule has 136 valence electrons. The number of ether oxygens (including phenoxy) is 2. The van der Waals surface area contributed by atoms with Crippen molar-refractivity contribution in [2.24, 2.45) is 0 Å². The summed E-state index contributed by atoms with van der Waals surface area (Å²) in [7, 11) is -1.04. The van der Waals surface area contributed by atoms with Crippen LogP contribution >= 0.6 is 11.6 Å². The maximum Gasteiger partial charge on any atom is 0.244 e. The first-order valence-corrected chi connectivity index (χ1v) is 9.26. The topological polar surface area (TPSA) is 84.9 Å². The molecule has 1 atom stereocenters. The van der Waals surface area contributed by atoms with E-state index in [2.05, 4.69) is 4.72 Å². The van der Waals surface area contributed by atoms with Gasteiger partial charge in [-0.1, -0.05) is 23.7 Å². The molecular weight excluding hydrogens is 366 g/mol. The Balaban J connectivity index is 2.22. The minimum atomic E-state index is -3.89. The number of rotatable bonds is 7. The first kappa shape index (κ1) is 19.5. The summed E-state index contributed by atoms with van der Waals surface area (Å²) in [4.78, 5) is -0.0392. The van der Waals surface area contributed by atoms with Crippen LogP contribution in [0.1, 0.15) is 12.5 Å². The Morgan fingerprint density at radius 1 is 1.12 bits per heavy atom. The molecule has 6 nitrogen and oxygen atoms in total. The minimum Gasteiger partial charge on any atom is -0.497 e. The summed E-state index contributed by atoms with van der Waals surface area (Å²) in [6, 6.07) is 10.9. The first-order chi connectivity index (χ1) is 11.7. The normalized spacial score (nSPS) is 14.0. The largest absolute Gasteiger partial charge is 0.497 e. The summed E-state index contributed by atoms with van der Waals surface area (Å²) in [6.07, 6.45) is 0. The van der Waals surface area contributed by atoms with Gasteiger partial charge in [0.2, 0.25) is 10.0 Å². The number of hydrogen-bond acceptors (Lipinski definition) is 5. The third-order valence-electron chi connectivity index (χ3n) is 3.73. The molecule has 0 radical (unpaired) electrons. The second-order valence-electron chi connectivity index (χ2n) is 5.62. The van der Waals surface area contributed by atoms with Gasteiger partial charge < -0.3 is 14.6 Å². The molecular formula is C17H20ClNO5S. The van der Waals surface area contributed by atoms with Gasteiger partial charge in [-0.3, -0.25) is 0 Å². The quantitative estimate of drug-likeness (QED) is 0.765. The first-order valence-electron chi connectivity index (χ1n) is 7.40. The van der Waals surface area contributed by atoms with Crippen LogP contribution in [0, 0.1) is 0 Å². The molecule has 0 aliphatic heterocycles. The Morgan fingerprint density at radius 2 is 1.76 bits per heavy atom. The molecule has 0 fully saturated rings. The molecule has 25 heavy (non-hydrogen) atoms.